The molecule has 0 spiro atoms. The molecule has 0 radical (unpaired) electrons. The number of hydrogen-bond donors (Lipinski definition) is 2. The lowest BCUT2D eigenvalue weighted by Crippen LogP contribution is -2.14. The van der Waals surface area contributed by atoms with Crippen molar-refractivity contribution in [2.24, 2.45) is 0 Å². The van der Waals surface area contributed by atoms with Crippen molar-refractivity contribution in [1.82, 2.24) is 4.98 Å². The highest BCUT2D eigenvalue weighted by Crippen LogP contribution is 2.27. The largest absolute Gasteiger partial charge is 0.495 e. The van der Waals surface area contributed by atoms with Crippen LogP contribution in [0.1, 0.15) is 12.6 Å². The number of rotatable bonds is 5. The quantitative estimate of drug-likeness (QED) is 0.877. The van der Waals surface area contributed by atoms with Gasteiger partial charge in [-0.3, -0.25) is 9.59 Å². The molecular formula is C14H14ClN3O3S. The number of halogens is 1. The van der Waals surface area contributed by atoms with Gasteiger partial charge in [0.1, 0.15) is 5.75 Å². The summed E-state index contributed by atoms with van der Waals surface area (Å²) >= 11 is 7.27. The van der Waals surface area contributed by atoms with Crippen molar-refractivity contribution in [1.29, 1.82) is 0 Å². The molecule has 0 unspecified atom stereocenters. The molecule has 1 aromatic carbocycles. The molecule has 0 bridgehead atoms. The molecule has 0 aliphatic heterocycles. The fraction of sp³-hybridized carbons (Fsp3) is 0.214. The zero-order valence-corrected chi connectivity index (χ0v) is 13.5. The van der Waals surface area contributed by atoms with Crippen LogP contribution in [-0.4, -0.2) is 23.9 Å². The van der Waals surface area contributed by atoms with Crippen LogP contribution in [0, 0.1) is 0 Å². The van der Waals surface area contributed by atoms with Gasteiger partial charge in [0, 0.05) is 18.0 Å². The molecule has 2 N–H and O–H groups in total. The molecular weight excluding hydrogens is 326 g/mol. The van der Waals surface area contributed by atoms with Crippen LogP contribution in [0.25, 0.3) is 0 Å². The van der Waals surface area contributed by atoms with E-state index in [4.69, 9.17) is 16.3 Å². The van der Waals surface area contributed by atoms with E-state index in [1.165, 1.54) is 25.4 Å². The number of amides is 2. The lowest BCUT2D eigenvalue weighted by Gasteiger charge is -2.07. The summed E-state index contributed by atoms with van der Waals surface area (Å²) in [4.78, 5) is 27.1. The van der Waals surface area contributed by atoms with Crippen molar-refractivity contribution in [2.45, 2.75) is 13.3 Å². The number of hydrogen-bond acceptors (Lipinski definition) is 5. The fourth-order valence-electron chi connectivity index (χ4n) is 1.71. The van der Waals surface area contributed by atoms with Crippen LogP contribution in [0.3, 0.4) is 0 Å². The fourth-order valence-corrected chi connectivity index (χ4v) is 2.72. The first kappa shape index (κ1) is 16.3. The Labute approximate surface area is 136 Å². The minimum absolute atomic E-state index is 0.111. The van der Waals surface area contributed by atoms with Gasteiger partial charge in [0.2, 0.25) is 11.8 Å². The van der Waals surface area contributed by atoms with Gasteiger partial charge in [-0.2, -0.15) is 0 Å². The first-order chi connectivity index (χ1) is 10.5. The average Bonchev–Trinajstić information content (AvgIpc) is 2.85. The van der Waals surface area contributed by atoms with Gasteiger partial charge in [-0.25, -0.2) is 4.98 Å². The van der Waals surface area contributed by atoms with Crippen molar-refractivity contribution in [3.05, 3.63) is 34.3 Å². The van der Waals surface area contributed by atoms with Gasteiger partial charge in [0.05, 0.1) is 24.2 Å². The van der Waals surface area contributed by atoms with Crippen molar-refractivity contribution < 1.29 is 14.3 Å². The number of ether oxygens (including phenoxy) is 1. The zero-order valence-electron chi connectivity index (χ0n) is 12.0. The summed E-state index contributed by atoms with van der Waals surface area (Å²) in [7, 11) is 1.52. The molecule has 22 heavy (non-hydrogen) atoms. The van der Waals surface area contributed by atoms with Crippen LogP contribution in [0.2, 0.25) is 5.02 Å². The third-order valence-corrected chi connectivity index (χ3v) is 3.71. The minimum atomic E-state index is -0.221. The molecule has 2 rings (SSSR count). The van der Waals surface area contributed by atoms with Gasteiger partial charge in [-0.05, 0) is 18.2 Å². The lowest BCUT2D eigenvalue weighted by atomic mass is 10.2. The molecule has 0 saturated heterocycles. The van der Waals surface area contributed by atoms with Gasteiger partial charge in [0.15, 0.2) is 5.13 Å². The van der Waals surface area contributed by atoms with E-state index in [0.29, 0.717) is 27.3 Å². The molecule has 0 aliphatic rings. The Bertz CT molecular complexity index is 702. The topological polar surface area (TPSA) is 80.3 Å². The van der Waals surface area contributed by atoms with Gasteiger partial charge in [-0.15, -0.1) is 11.3 Å². The number of benzene rings is 1. The molecule has 116 valence electrons. The number of carbonyl (C=O) groups excluding carboxylic acids is 2. The molecule has 8 heteroatoms. The molecule has 1 aromatic heterocycles. The summed E-state index contributed by atoms with van der Waals surface area (Å²) in [6, 6.07) is 4.99. The molecule has 0 saturated carbocycles. The second-order valence-electron chi connectivity index (χ2n) is 4.40. The van der Waals surface area contributed by atoms with E-state index in [-0.39, 0.29) is 18.2 Å². The smallest absolute Gasteiger partial charge is 0.230 e. The summed E-state index contributed by atoms with van der Waals surface area (Å²) in [5.74, 6) is 0.123. The molecule has 0 atom stereocenters. The van der Waals surface area contributed by atoms with Gasteiger partial charge in [0.25, 0.3) is 0 Å². The van der Waals surface area contributed by atoms with E-state index < -0.39 is 0 Å². The number of nitrogens with one attached hydrogen (secondary N) is 2. The van der Waals surface area contributed by atoms with Crippen molar-refractivity contribution >= 4 is 45.6 Å². The molecule has 0 fully saturated rings. The maximum atomic E-state index is 12.0. The average molecular weight is 340 g/mol. The summed E-state index contributed by atoms with van der Waals surface area (Å²) in [5.41, 5.74) is 1.17. The van der Waals surface area contributed by atoms with E-state index >= 15 is 0 Å². The van der Waals surface area contributed by atoms with E-state index in [2.05, 4.69) is 15.6 Å². The predicted molar refractivity (Wildman–Crippen MR) is 86.8 cm³/mol. The Hall–Kier alpha value is -2.12. The van der Waals surface area contributed by atoms with Gasteiger partial charge in [-0.1, -0.05) is 11.6 Å². The second-order valence-corrected chi connectivity index (χ2v) is 5.66. The minimum Gasteiger partial charge on any atom is -0.495 e. The summed E-state index contributed by atoms with van der Waals surface area (Å²) < 4.78 is 5.05. The van der Waals surface area contributed by atoms with Crippen LogP contribution in [0.15, 0.2) is 23.6 Å². The summed E-state index contributed by atoms with van der Waals surface area (Å²) in [6.45, 7) is 1.40. The third kappa shape index (κ3) is 4.44. The Morgan fingerprint density at radius 1 is 1.36 bits per heavy atom. The first-order valence-electron chi connectivity index (χ1n) is 6.33. The Morgan fingerprint density at radius 2 is 2.14 bits per heavy atom. The highest BCUT2D eigenvalue weighted by atomic mass is 35.5. The number of anilines is 2. The predicted octanol–water partition coefficient (Wildman–Crippen LogP) is 2.94. The van der Waals surface area contributed by atoms with E-state index in [9.17, 15) is 9.59 Å². The summed E-state index contributed by atoms with van der Waals surface area (Å²) in [5, 5.41) is 7.93. The van der Waals surface area contributed by atoms with Gasteiger partial charge < -0.3 is 15.4 Å². The van der Waals surface area contributed by atoms with E-state index in [0.717, 1.165) is 0 Å². The number of carbonyl (C=O) groups is 2. The first-order valence-corrected chi connectivity index (χ1v) is 7.59. The highest BCUT2D eigenvalue weighted by Gasteiger charge is 2.10. The SMILES string of the molecule is COc1ccc(NC(=O)Cc2csc(NC(C)=O)n2)cc1Cl. The van der Waals surface area contributed by atoms with Crippen molar-refractivity contribution in [3.8, 4) is 5.75 Å². The monoisotopic (exact) mass is 339 g/mol. The Balaban J connectivity index is 1.96. The maximum Gasteiger partial charge on any atom is 0.230 e. The van der Waals surface area contributed by atoms with Crippen LogP contribution < -0.4 is 15.4 Å². The van der Waals surface area contributed by atoms with E-state index in [1.54, 1.807) is 23.6 Å². The van der Waals surface area contributed by atoms with Crippen LogP contribution >= 0.6 is 22.9 Å². The third-order valence-electron chi connectivity index (χ3n) is 2.61. The van der Waals surface area contributed by atoms with Crippen LogP contribution in [0.4, 0.5) is 10.8 Å². The van der Waals surface area contributed by atoms with Crippen molar-refractivity contribution in [2.75, 3.05) is 17.7 Å². The molecule has 1 heterocycles. The summed E-state index contributed by atoms with van der Waals surface area (Å²) in [6.07, 6.45) is 0.111. The molecule has 2 aromatic rings. The Kier molecular flexibility index (Phi) is 5.35. The lowest BCUT2D eigenvalue weighted by molar-refractivity contribution is -0.116. The highest BCUT2D eigenvalue weighted by molar-refractivity contribution is 7.13. The number of aromatic nitrogens is 1. The molecule has 2 amide bonds. The number of nitrogens with zero attached hydrogens (tertiary/aromatic N) is 1. The van der Waals surface area contributed by atoms with Crippen LogP contribution in [-0.2, 0) is 16.0 Å². The normalized spacial score (nSPS) is 10.1. The zero-order chi connectivity index (χ0) is 16.1. The number of thiazole rings is 1. The van der Waals surface area contributed by atoms with Gasteiger partial charge >= 0.3 is 0 Å². The molecule has 0 aliphatic carbocycles. The second kappa shape index (κ2) is 7.24. The van der Waals surface area contributed by atoms with Crippen LogP contribution in [0.5, 0.6) is 5.75 Å². The standard InChI is InChI=1S/C14H14ClN3O3S/c1-8(19)16-14-18-10(7-22-14)6-13(20)17-9-3-4-12(21-2)11(15)5-9/h3-5,7H,6H2,1-2H3,(H,17,20)(H,16,18,19). The number of methoxy groups -OCH3 is 1. The molecule has 6 nitrogen and oxygen atoms in total. The Morgan fingerprint density at radius 3 is 2.77 bits per heavy atom. The van der Waals surface area contributed by atoms with E-state index in [1.807, 2.05) is 0 Å². The van der Waals surface area contributed by atoms with Crippen molar-refractivity contribution in [3.63, 3.8) is 0 Å². The maximum absolute atomic E-state index is 12.0.